The average Bonchev–Trinajstić information content (AvgIpc) is 2.67. The van der Waals surface area contributed by atoms with Gasteiger partial charge in [-0.05, 0) is 63.4 Å². The third-order valence-corrected chi connectivity index (χ3v) is 5.94. The number of nitrogens with one attached hydrogen (secondary N) is 1. The number of carbonyl (C=O) groups excluding carboxylic acids is 1. The van der Waals surface area contributed by atoms with Crippen molar-refractivity contribution in [3.05, 3.63) is 44.1 Å². The summed E-state index contributed by atoms with van der Waals surface area (Å²) in [5.41, 5.74) is 2.71. The molecule has 1 aromatic carbocycles. The van der Waals surface area contributed by atoms with E-state index < -0.39 is 11.2 Å². The molecule has 3 aliphatic heterocycles. The molecule has 0 aliphatic carbocycles. The second kappa shape index (κ2) is 7.51. The molecular weight excluding hydrogens is 370 g/mol. The maximum Gasteiger partial charge on any atom is 0.349 e. The average molecular weight is 395 g/mol. The number of benzene rings is 1. The second-order valence-electron chi connectivity index (χ2n) is 7.98. The predicted molar refractivity (Wildman–Crippen MR) is 110 cm³/mol. The SMILES string of the molecule is CC(=O)C1CCCN(CCn2c3nc(=O)[nH]c(=O)c-3nc3cc(C)c(C)cc32)C1. The first-order chi connectivity index (χ1) is 13.8. The topological polar surface area (TPSA) is 101 Å². The highest BCUT2D eigenvalue weighted by Gasteiger charge is 2.24. The second-order valence-corrected chi connectivity index (χ2v) is 7.98. The predicted octanol–water partition coefficient (Wildman–Crippen LogP) is 1.50. The van der Waals surface area contributed by atoms with E-state index in [1.165, 1.54) is 0 Å². The number of hydrogen-bond donors (Lipinski definition) is 1. The van der Waals surface area contributed by atoms with Crippen LogP contribution in [0, 0.1) is 19.8 Å². The Hall–Kier alpha value is -2.87. The van der Waals surface area contributed by atoms with Crippen molar-refractivity contribution in [3.63, 3.8) is 0 Å². The van der Waals surface area contributed by atoms with Crippen molar-refractivity contribution in [1.82, 2.24) is 24.4 Å². The molecule has 1 fully saturated rings. The first-order valence-electron chi connectivity index (χ1n) is 9.98. The van der Waals surface area contributed by atoms with Crippen LogP contribution in [0.2, 0.25) is 0 Å². The van der Waals surface area contributed by atoms with Gasteiger partial charge in [0.1, 0.15) is 5.78 Å². The zero-order valence-electron chi connectivity index (χ0n) is 17.0. The zero-order chi connectivity index (χ0) is 20.7. The Kier molecular flexibility index (Phi) is 5.04. The fourth-order valence-corrected chi connectivity index (χ4v) is 4.11. The first kappa shape index (κ1) is 19.4. The van der Waals surface area contributed by atoms with Gasteiger partial charge < -0.3 is 9.47 Å². The monoisotopic (exact) mass is 395 g/mol. The van der Waals surface area contributed by atoms with Crippen molar-refractivity contribution in [2.45, 2.75) is 40.2 Å². The number of Topliss-reactive ketones (excluding diaryl/α,β-unsaturated/α-hetero) is 1. The fourth-order valence-electron chi connectivity index (χ4n) is 4.11. The maximum absolute atomic E-state index is 12.4. The summed E-state index contributed by atoms with van der Waals surface area (Å²) in [6.45, 7) is 8.63. The molecule has 0 amide bonds. The number of fused-ring (bicyclic) bond motifs is 2. The number of nitrogens with zero attached hydrogens (tertiary/aromatic N) is 4. The Bertz CT molecular complexity index is 1180. The minimum atomic E-state index is -0.671. The molecule has 1 unspecified atom stereocenters. The molecule has 152 valence electrons. The molecule has 0 bridgehead atoms. The Labute approximate surface area is 167 Å². The van der Waals surface area contributed by atoms with Crippen molar-refractivity contribution in [3.8, 4) is 11.5 Å². The number of aromatic nitrogens is 4. The highest BCUT2D eigenvalue weighted by Crippen LogP contribution is 2.24. The molecule has 4 rings (SSSR count). The summed E-state index contributed by atoms with van der Waals surface area (Å²) >= 11 is 0. The van der Waals surface area contributed by atoms with Crippen molar-refractivity contribution in [2.75, 3.05) is 19.6 Å². The fraction of sp³-hybridized carbons (Fsp3) is 0.476. The molecule has 0 saturated carbocycles. The van der Waals surface area contributed by atoms with Gasteiger partial charge in [0.25, 0.3) is 5.56 Å². The van der Waals surface area contributed by atoms with Crippen LogP contribution >= 0.6 is 0 Å². The summed E-state index contributed by atoms with van der Waals surface area (Å²) in [4.78, 5) is 49.1. The lowest BCUT2D eigenvalue weighted by molar-refractivity contribution is -0.122. The number of carbonyl (C=O) groups is 1. The standard InChI is InChI=1S/C21H25N5O3/c1-12-9-16-17(10-13(12)2)26(19-18(22-16)20(28)24-21(29)23-19)8-7-25-6-4-5-15(11-25)14(3)27/h9-10,15H,4-8,11H2,1-3H3,(H,24,28,29). The van der Waals surface area contributed by atoms with Crippen LogP contribution in [0.1, 0.15) is 30.9 Å². The van der Waals surface area contributed by atoms with E-state index in [2.05, 4.69) is 19.9 Å². The van der Waals surface area contributed by atoms with Crippen LogP contribution in [-0.2, 0) is 11.3 Å². The number of ketones is 1. The third-order valence-electron chi connectivity index (χ3n) is 5.94. The summed E-state index contributed by atoms with van der Waals surface area (Å²) in [6, 6.07) is 3.98. The van der Waals surface area contributed by atoms with E-state index in [1.807, 2.05) is 30.5 Å². The molecule has 29 heavy (non-hydrogen) atoms. The van der Waals surface area contributed by atoms with E-state index in [0.29, 0.717) is 24.4 Å². The lowest BCUT2D eigenvalue weighted by Crippen LogP contribution is -2.40. The van der Waals surface area contributed by atoms with Crippen LogP contribution in [0.25, 0.3) is 22.6 Å². The molecule has 3 heterocycles. The van der Waals surface area contributed by atoms with Crippen LogP contribution in [0.3, 0.4) is 0 Å². The van der Waals surface area contributed by atoms with Crippen molar-refractivity contribution < 1.29 is 4.79 Å². The molecule has 8 nitrogen and oxygen atoms in total. The summed E-state index contributed by atoms with van der Waals surface area (Å²) in [5, 5.41) is 0. The van der Waals surface area contributed by atoms with E-state index in [9.17, 15) is 14.4 Å². The molecular formula is C21H25N5O3. The summed E-state index contributed by atoms with van der Waals surface area (Å²) in [6.07, 6.45) is 1.93. The number of piperidine rings is 1. The molecule has 1 atom stereocenters. The van der Waals surface area contributed by atoms with Gasteiger partial charge in [-0.25, -0.2) is 9.78 Å². The number of likely N-dealkylation sites (tertiary alicyclic amines) is 1. The number of rotatable bonds is 4. The number of H-pyrrole nitrogens is 1. The summed E-state index contributed by atoms with van der Waals surface area (Å²) in [7, 11) is 0. The Balaban J connectivity index is 1.78. The Morgan fingerprint density at radius 1 is 1.17 bits per heavy atom. The minimum absolute atomic E-state index is 0.0822. The van der Waals surface area contributed by atoms with Gasteiger partial charge >= 0.3 is 5.69 Å². The first-order valence-corrected chi connectivity index (χ1v) is 9.98. The van der Waals surface area contributed by atoms with Crippen LogP contribution in [0.5, 0.6) is 0 Å². The van der Waals surface area contributed by atoms with Gasteiger partial charge in [-0.1, -0.05) is 0 Å². The molecule has 1 aromatic rings. The van der Waals surface area contributed by atoms with Crippen molar-refractivity contribution in [2.24, 2.45) is 5.92 Å². The van der Waals surface area contributed by atoms with Gasteiger partial charge in [-0.15, -0.1) is 0 Å². The van der Waals surface area contributed by atoms with Crippen LogP contribution in [0.4, 0.5) is 0 Å². The van der Waals surface area contributed by atoms with Gasteiger partial charge in [0.15, 0.2) is 11.5 Å². The molecule has 3 aliphatic rings. The van der Waals surface area contributed by atoms with Gasteiger partial charge in [0.05, 0.1) is 11.0 Å². The highest BCUT2D eigenvalue weighted by atomic mass is 16.2. The van der Waals surface area contributed by atoms with Crippen molar-refractivity contribution in [1.29, 1.82) is 0 Å². The normalized spacial score (nSPS) is 17.8. The molecule has 0 radical (unpaired) electrons. The van der Waals surface area contributed by atoms with E-state index in [4.69, 9.17) is 0 Å². The van der Waals surface area contributed by atoms with E-state index in [0.717, 1.165) is 42.6 Å². The Morgan fingerprint density at radius 2 is 1.93 bits per heavy atom. The minimum Gasteiger partial charge on any atom is -0.321 e. The number of aromatic amines is 1. The smallest absolute Gasteiger partial charge is 0.321 e. The van der Waals surface area contributed by atoms with E-state index >= 15 is 0 Å². The molecule has 1 saturated heterocycles. The lowest BCUT2D eigenvalue weighted by atomic mass is 9.95. The zero-order valence-corrected chi connectivity index (χ0v) is 17.0. The lowest BCUT2D eigenvalue weighted by Gasteiger charge is -2.32. The molecule has 1 N–H and O–H groups in total. The van der Waals surface area contributed by atoms with Crippen LogP contribution in [0.15, 0.2) is 21.7 Å². The largest absolute Gasteiger partial charge is 0.349 e. The number of hydrogen-bond acceptors (Lipinski definition) is 6. The van der Waals surface area contributed by atoms with Crippen LogP contribution < -0.4 is 11.2 Å². The third kappa shape index (κ3) is 3.72. The Morgan fingerprint density at radius 3 is 2.69 bits per heavy atom. The van der Waals surface area contributed by atoms with E-state index in [-0.39, 0.29) is 17.4 Å². The molecule has 8 heteroatoms. The summed E-state index contributed by atoms with van der Waals surface area (Å²) in [5.74, 6) is 0.617. The van der Waals surface area contributed by atoms with E-state index in [1.54, 1.807) is 6.92 Å². The quantitative estimate of drug-likeness (QED) is 0.672. The van der Waals surface area contributed by atoms with Crippen LogP contribution in [-0.4, -0.2) is 49.8 Å². The molecule has 0 spiro atoms. The maximum atomic E-state index is 12.4. The number of aryl methyl sites for hydroxylation is 2. The van der Waals surface area contributed by atoms with Gasteiger partial charge in [-0.2, -0.15) is 4.98 Å². The van der Waals surface area contributed by atoms with Gasteiger partial charge in [0.2, 0.25) is 0 Å². The molecule has 0 aromatic heterocycles. The van der Waals surface area contributed by atoms with Gasteiger partial charge in [0, 0.05) is 25.6 Å². The van der Waals surface area contributed by atoms with Crippen molar-refractivity contribution >= 4 is 16.8 Å². The van der Waals surface area contributed by atoms with Gasteiger partial charge in [-0.3, -0.25) is 14.6 Å². The highest BCUT2D eigenvalue weighted by molar-refractivity contribution is 5.81. The summed E-state index contributed by atoms with van der Waals surface area (Å²) < 4.78 is 1.91.